The molecule has 0 saturated heterocycles. The maximum atomic E-state index is 13.4. The molecule has 0 spiro atoms. The summed E-state index contributed by atoms with van der Waals surface area (Å²) >= 11 is 6.16. The summed E-state index contributed by atoms with van der Waals surface area (Å²) in [6.45, 7) is 6.08. The van der Waals surface area contributed by atoms with Gasteiger partial charge >= 0.3 is 0 Å². The smallest absolute Gasteiger partial charge is 0.258 e. The van der Waals surface area contributed by atoms with Crippen LogP contribution >= 0.6 is 11.6 Å². The van der Waals surface area contributed by atoms with E-state index < -0.39 is 0 Å². The highest BCUT2D eigenvalue weighted by molar-refractivity contribution is 6.31. The Balaban J connectivity index is 1.98. The summed E-state index contributed by atoms with van der Waals surface area (Å²) in [7, 11) is 1.56. The lowest BCUT2D eigenvalue weighted by Crippen LogP contribution is -2.33. The van der Waals surface area contributed by atoms with Crippen molar-refractivity contribution in [1.82, 2.24) is 19.4 Å². The van der Waals surface area contributed by atoms with Crippen molar-refractivity contribution in [2.45, 2.75) is 46.2 Å². The molecule has 3 rings (SSSR count). The number of nitrogens with zero attached hydrogens (tertiary/aromatic N) is 4. The molecule has 0 fully saturated rings. The van der Waals surface area contributed by atoms with Gasteiger partial charge in [-0.1, -0.05) is 31.9 Å². The van der Waals surface area contributed by atoms with Gasteiger partial charge < -0.3 is 14.2 Å². The molecule has 0 aliphatic heterocycles. The van der Waals surface area contributed by atoms with E-state index in [0.717, 1.165) is 42.8 Å². The van der Waals surface area contributed by atoms with E-state index in [1.165, 1.54) is 0 Å². The number of pyridine rings is 1. The number of carbonyl (C=O) groups is 1. The van der Waals surface area contributed by atoms with Crippen LogP contribution in [0.1, 0.15) is 49.3 Å². The van der Waals surface area contributed by atoms with Gasteiger partial charge in [-0.25, -0.2) is 9.97 Å². The monoisotopic (exact) mass is 414 g/mol. The van der Waals surface area contributed by atoms with E-state index >= 15 is 0 Å². The van der Waals surface area contributed by atoms with Crippen LogP contribution < -0.4 is 4.74 Å². The van der Waals surface area contributed by atoms with Gasteiger partial charge in [0.2, 0.25) is 0 Å². The molecule has 0 unspecified atom stereocenters. The minimum absolute atomic E-state index is 0.110. The first-order valence-electron chi connectivity index (χ1n) is 10.0. The minimum Gasteiger partial charge on any atom is -0.496 e. The molecule has 0 saturated carbocycles. The fraction of sp³-hybridized carbons (Fsp3) is 0.409. The molecule has 2 heterocycles. The molecule has 6 nitrogen and oxygen atoms in total. The maximum absolute atomic E-state index is 13.4. The Bertz CT molecular complexity index is 986. The summed E-state index contributed by atoms with van der Waals surface area (Å²) in [6, 6.07) is 8.95. The molecule has 3 aromatic rings. The standard InChI is InChI=1S/C22H27ClN4O2/c1-4-6-13-26(22(28)17-14-16(23)9-10-19(17)29-3)15-20-25-18-8-7-11-24-21(18)27(20)12-5-2/h7-11,14H,4-6,12-13,15H2,1-3H3. The van der Waals surface area contributed by atoms with Crippen LogP contribution in [0.3, 0.4) is 0 Å². The number of aromatic nitrogens is 3. The Labute approximate surface area is 176 Å². The number of aryl methyl sites for hydroxylation is 1. The van der Waals surface area contributed by atoms with Crippen LogP contribution in [0.25, 0.3) is 11.2 Å². The van der Waals surface area contributed by atoms with E-state index in [2.05, 4.69) is 23.4 Å². The number of rotatable bonds is 9. The molecule has 29 heavy (non-hydrogen) atoms. The van der Waals surface area contributed by atoms with Gasteiger partial charge in [-0.2, -0.15) is 0 Å². The molecule has 154 valence electrons. The van der Waals surface area contributed by atoms with Crippen molar-refractivity contribution < 1.29 is 9.53 Å². The van der Waals surface area contributed by atoms with Crippen molar-refractivity contribution in [3.8, 4) is 5.75 Å². The van der Waals surface area contributed by atoms with E-state index in [1.54, 1.807) is 31.5 Å². The van der Waals surface area contributed by atoms with Gasteiger partial charge in [-0.3, -0.25) is 4.79 Å². The number of unbranched alkanes of at least 4 members (excludes halogenated alkanes) is 1. The number of methoxy groups -OCH3 is 1. The number of hydrogen-bond donors (Lipinski definition) is 0. The summed E-state index contributed by atoms with van der Waals surface area (Å²) in [5, 5.41) is 0.506. The Morgan fingerprint density at radius 3 is 2.79 bits per heavy atom. The van der Waals surface area contributed by atoms with Gasteiger partial charge in [0.25, 0.3) is 5.91 Å². The average molecular weight is 415 g/mol. The fourth-order valence-corrected chi connectivity index (χ4v) is 3.55. The topological polar surface area (TPSA) is 60.2 Å². The quantitative estimate of drug-likeness (QED) is 0.497. The molecule has 0 atom stereocenters. The van der Waals surface area contributed by atoms with Crippen LogP contribution in [0.15, 0.2) is 36.5 Å². The van der Waals surface area contributed by atoms with Crippen molar-refractivity contribution in [3.63, 3.8) is 0 Å². The van der Waals surface area contributed by atoms with Crippen molar-refractivity contribution in [3.05, 3.63) is 52.9 Å². The fourth-order valence-electron chi connectivity index (χ4n) is 3.37. The molecule has 0 radical (unpaired) electrons. The highest BCUT2D eigenvalue weighted by Crippen LogP contribution is 2.25. The zero-order valence-electron chi connectivity index (χ0n) is 17.2. The number of hydrogen-bond acceptors (Lipinski definition) is 4. The third-order valence-corrected chi connectivity index (χ3v) is 5.06. The zero-order valence-corrected chi connectivity index (χ0v) is 17.9. The zero-order chi connectivity index (χ0) is 20.8. The first kappa shape index (κ1) is 21.1. The predicted molar refractivity (Wildman–Crippen MR) is 115 cm³/mol. The van der Waals surface area contributed by atoms with Gasteiger partial charge in [0.1, 0.15) is 17.1 Å². The number of ether oxygens (including phenoxy) is 1. The second-order valence-electron chi connectivity index (χ2n) is 6.95. The summed E-state index contributed by atoms with van der Waals surface area (Å²) < 4.78 is 7.51. The highest BCUT2D eigenvalue weighted by atomic mass is 35.5. The molecule has 0 bridgehead atoms. The third kappa shape index (κ3) is 4.70. The molecule has 1 aromatic carbocycles. The number of amides is 1. The van der Waals surface area contributed by atoms with Gasteiger partial charge in [0.05, 0.1) is 19.2 Å². The summed E-state index contributed by atoms with van der Waals surface area (Å²) in [6.07, 6.45) is 4.63. The molecule has 0 aliphatic rings. The van der Waals surface area contributed by atoms with Crippen LogP contribution in [-0.2, 0) is 13.1 Å². The highest BCUT2D eigenvalue weighted by Gasteiger charge is 2.23. The van der Waals surface area contributed by atoms with Crippen molar-refractivity contribution in [2.75, 3.05) is 13.7 Å². The Morgan fingerprint density at radius 1 is 1.24 bits per heavy atom. The second kappa shape index (κ2) is 9.74. The van der Waals surface area contributed by atoms with Gasteiger partial charge in [0.15, 0.2) is 5.65 Å². The lowest BCUT2D eigenvalue weighted by Gasteiger charge is -2.24. The normalized spacial score (nSPS) is 11.0. The first-order chi connectivity index (χ1) is 14.1. The van der Waals surface area contributed by atoms with E-state index in [9.17, 15) is 4.79 Å². The summed E-state index contributed by atoms with van der Waals surface area (Å²) in [5.74, 6) is 1.25. The van der Waals surface area contributed by atoms with Gasteiger partial charge in [-0.05, 0) is 43.2 Å². The molecular weight excluding hydrogens is 388 g/mol. The maximum Gasteiger partial charge on any atom is 0.258 e. The summed E-state index contributed by atoms with van der Waals surface area (Å²) in [4.78, 5) is 24.5. The minimum atomic E-state index is -0.110. The molecular formula is C22H27ClN4O2. The van der Waals surface area contributed by atoms with Crippen molar-refractivity contribution >= 4 is 28.7 Å². The number of halogens is 1. The van der Waals surface area contributed by atoms with E-state index in [-0.39, 0.29) is 5.91 Å². The first-order valence-corrected chi connectivity index (χ1v) is 10.4. The molecule has 2 aromatic heterocycles. The van der Waals surface area contributed by atoms with E-state index in [1.807, 2.05) is 17.0 Å². The largest absolute Gasteiger partial charge is 0.496 e. The number of fused-ring (bicyclic) bond motifs is 1. The predicted octanol–water partition coefficient (Wildman–Crippen LogP) is 4.95. The molecule has 0 N–H and O–H groups in total. The van der Waals surface area contributed by atoms with Crippen molar-refractivity contribution in [2.24, 2.45) is 0 Å². The lowest BCUT2D eigenvalue weighted by atomic mass is 10.1. The van der Waals surface area contributed by atoms with Crippen LogP contribution in [0.2, 0.25) is 5.02 Å². The van der Waals surface area contributed by atoms with Crippen LogP contribution in [0.4, 0.5) is 0 Å². The van der Waals surface area contributed by atoms with Crippen LogP contribution in [0, 0.1) is 0 Å². The molecule has 0 aliphatic carbocycles. The Morgan fingerprint density at radius 2 is 2.07 bits per heavy atom. The summed E-state index contributed by atoms with van der Waals surface area (Å²) in [5.41, 5.74) is 2.17. The van der Waals surface area contributed by atoms with Gasteiger partial charge in [-0.15, -0.1) is 0 Å². The van der Waals surface area contributed by atoms with E-state index in [0.29, 0.717) is 29.4 Å². The number of carbonyl (C=O) groups excluding carboxylic acids is 1. The second-order valence-corrected chi connectivity index (χ2v) is 7.39. The SMILES string of the molecule is CCCCN(Cc1nc2cccnc2n1CCC)C(=O)c1cc(Cl)ccc1OC. The van der Waals surface area contributed by atoms with Crippen molar-refractivity contribution in [1.29, 1.82) is 0 Å². The third-order valence-electron chi connectivity index (χ3n) is 4.82. The molecule has 7 heteroatoms. The number of imidazole rings is 1. The van der Waals surface area contributed by atoms with Crippen LogP contribution in [0.5, 0.6) is 5.75 Å². The van der Waals surface area contributed by atoms with Crippen LogP contribution in [-0.4, -0.2) is 39.0 Å². The number of benzene rings is 1. The Hall–Kier alpha value is -2.60. The van der Waals surface area contributed by atoms with E-state index in [4.69, 9.17) is 21.3 Å². The van der Waals surface area contributed by atoms with Gasteiger partial charge in [0, 0.05) is 24.3 Å². The lowest BCUT2D eigenvalue weighted by molar-refractivity contribution is 0.0731. The molecule has 1 amide bonds. The average Bonchev–Trinajstić information content (AvgIpc) is 3.08. The Kier molecular flexibility index (Phi) is 7.09.